The van der Waals surface area contributed by atoms with Crippen molar-refractivity contribution in [3.63, 3.8) is 0 Å². The number of ether oxygens (including phenoxy) is 1. The lowest BCUT2D eigenvalue weighted by Crippen LogP contribution is -2.30. The minimum absolute atomic E-state index is 0. The number of carbonyl (C=O) groups is 1. The van der Waals surface area contributed by atoms with Crippen molar-refractivity contribution in [3.8, 4) is 16.9 Å². The first-order chi connectivity index (χ1) is 13.2. The Morgan fingerprint density at radius 2 is 1.86 bits per heavy atom. The molecule has 2 N–H and O–H groups in total. The van der Waals surface area contributed by atoms with E-state index in [1.165, 1.54) is 30.3 Å². The number of halogens is 5. The van der Waals surface area contributed by atoms with Gasteiger partial charge >= 0.3 is 6.36 Å². The van der Waals surface area contributed by atoms with Crippen molar-refractivity contribution in [2.75, 3.05) is 5.32 Å². The van der Waals surface area contributed by atoms with Gasteiger partial charge in [0.25, 0.3) is 0 Å². The van der Waals surface area contributed by atoms with Gasteiger partial charge < -0.3 is 15.2 Å². The molecule has 0 heterocycles. The summed E-state index contributed by atoms with van der Waals surface area (Å²) in [6.45, 7) is 0. The second-order valence-electron chi connectivity index (χ2n) is 6.75. The molecule has 0 aromatic heterocycles. The molecule has 3 rings (SSSR count). The lowest BCUT2D eigenvalue weighted by atomic mass is 9.86. The van der Waals surface area contributed by atoms with Crippen LogP contribution in [0.1, 0.15) is 25.7 Å². The summed E-state index contributed by atoms with van der Waals surface area (Å²) in [5.74, 6) is -0.837. The zero-order chi connectivity index (χ0) is 20.3. The van der Waals surface area contributed by atoms with Crippen LogP contribution >= 0.6 is 24.0 Å². The highest BCUT2D eigenvalue weighted by atomic mass is 35.5. The lowest BCUT2D eigenvalue weighted by Gasteiger charge is -2.25. The summed E-state index contributed by atoms with van der Waals surface area (Å²) in [5.41, 5.74) is 0.985. The molecular formula is C20H20Cl2F3NO3. The summed E-state index contributed by atoms with van der Waals surface area (Å²) < 4.78 is 42.0. The number of aliphatic hydroxyl groups excluding tert-OH is 1. The third-order valence-electron chi connectivity index (χ3n) is 4.66. The number of amides is 1. The maximum Gasteiger partial charge on any atom is 0.573 e. The van der Waals surface area contributed by atoms with E-state index in [1.54, 1.807) is 12.1 Å². The molecule has 1 aliphatic carbocycles. The Hall–Kier alpha value is -1.96. The molecule has 1 aliphatic rings. The van der Waals surface area contributed by atoms with E-state index in [0.717, 1.165) is 6.42 Å². The molecule has 29 heavy (non-hydrogen) atoms. The maximum absolute atomic E-state index is 12.6. The third-order valence-corrected chi connectivity index (χ3v) is 4.97. The van der Waals surface area contributed by atoms with Crippen LogP contribution in [-0.4, -0.2) is 23.5 Å². The monoisotopic (exact) mass is 449 g/mol. The normalized spacial score (nSPS) is 19.2. The topological polar surface area (TPSA) is 58.6 Å². The Bertz CT molecular complexity index is 861. The summed E-state index contributed by atoms with van der Waals surface area (Å²) >= 11 is 6.27. The van der Waals surface area contributed by atoms with Crippen LogP contribution in [0.3, 0.4) is 0 Å². The molecule has 2 aromatic rings. The largest absolute Gasteiger partial charge is 0.573 e. The number of hydrogen-bond acceptors (Lipinski definition) is 3. The van der Waals surface area contributed by atoms with Gasteiger partial charge in [-0.25, -0.2) is 0 Å². The second-order valence-corrected chi connectivity index (χ2v) is 7.15. The van der Waals surface area contributed by atoms with Crippen LogP contribution in [0.4, 0.5) is 18.9 Å². The number of carbonyl (C=O) groups excluding carboxylic acids is 1. The van der Waals surface area contributed by atoms with E-state index < -0.39 is 12.5 Å². The first-order valence-corrected chi connectivity index (χ1v) is 9.24. The van der Waals surface area contributed by atoms with Crippen molar-refractivity contribution in [1.82, 2.24) is 0 Å². The van der Waals surface area contributed by atoms with Crippen molar-refractivity contribution in [2.24, 2.45) is 5.92 Å². The fourth-order valence-corrected chi connectivity index (χ4v) is 3.64. The van der Waals surface area contributed by atoms with Crippen molar-refractivity contribution in [2.45, 2.75) is 38.1 Å². The average Bonchev–Trinajstić information content (AvgIpc) is 2.61. The van der Waals surface area contributed by atoms with Crippen LogP contribution in [0, 0.1) is 5.92 Å². The predicted octanol–water partition coefficient (Wildman–Crippen LogP) is 5.82. The number of benzene rings is 2. The number of alkyl halides is 3. The summed E-state index contributed by atoms with van der Waals surface area (Å²) in [7, 11) is 0. The molecule has 0 spiro atoms. The molecule has 9 heteroatoms. The summed E-state index contributed by atoms with van der Waals surface area (Å²) in [6, 6.07) is 10.3. The zero-order valence-corrected chi connectivity index (χ0v) is 16.8. The van der Waals surface area contributed by atoms with Crippen LogP contribution in [0.2, 0.25) is 5.02 Å². The molecule has 1 fully saturated rings. The molecule has 0 unspecified atom stereocenters. The van der Waals surface area contributed by atoms with Gasteiger partial charge in [0.2, 0.25) is 5.91 Å². The van der Waals surface area contributed by atoms with Crippen LogP contribution in [0.5, 0.6) is 5.75 Å². The predicted molar refractivity (Wildman–Crippen MR) is 107 cm³/mol. The first kappa shape index (κ1) is 23.3. The van der Waals surface area contributed by atoms with Crippen LogP contribution in [0.25, 0.3) is 11.1 Å². The van der Waals surface area contributed by atoms with Crippen molar-refractivity contribution in [1.29, 1.82) is 0 Å². The molecule has 0 saturated heterocycles. The Morgan fingerprint density at radius 3 is 2.52 bits per heavy atom. The van der Waals surface area contributed by atoms with E-state index in [9.17, 15) is 23.1 Å². The van der Waals surface area contributed by atoms with Gasteiger partial charge in [-0.2, -0.15) is 0 Å². The fourth-order valence-electron chi connectivity index (χ4n) is 3.36. The highest BCUT2D eigenvalue weighted by molar-refractivity contribution is 6.33. The zero-order valence-electron chi connectivity index (χ0n) is 15.2. The van der Waals surface area contributed by atoms with Gasteiger partial charge in [-0.15, -0.1) is 25.6 Å². The number of para-hydroxylation sites is 1. The third kappa shape index (κ3) is 6.26. The summed E-state index contributed by atoms with van der Waals surface area (Å²) in [6.07, 6.45) is -2.68. The van der Waals surface area contributed by atoms with Gasteiger partial charge in [0.15, 0.2) is 0 Å². The first-order valence-electron chi connectivity index (χ1n) is 8.86. The van der Waals surface area contributed by atoms with Crippen molar-refractivity contribution >= 4 is 35.6 Å². The van der Waals surface area contributed by atoms with Crippen LogP contribution < -0.4 is 10.1 Å². The molecule has 2 atom stereocenters. The van der Waals surface area contributed by atoms with Crippen molar-refractivity contribution < 1.29 is 27.8 Å². The molecule has 0 aliphatic heterocycles. The van der Waals surface area contributed by atoms with E-state index in [0.29, 0.717) is 30.5 Å². The number of aliphatic hydroxyl groups is 1. The highest BCUT2D eigenvalue weighted by Gasteiger charge is 2.32. The second kappa shape index (κ2) is 9.69. The molecule has 2 aromatic carbocycles. The molecular weight excluding hydrogens is 430 g/mol. The summed E-state index contributed by atoms with van der Waals surface area (Å²) in [5, 5.41) is 12.7. The molecule has 0 bridgehead atoms. The molecule has 1 saturated carbocycles. The molecule has 158 valence electrons. The maximum atomic E-state index is 12.6. The van der Waals surface area contributed by atoms with E-state index >= 15 is 0 Å². The van der Waals surface area contributed by atoms with Gasteiger partial charge in [-0.3, -0.25) is 4.79 Å². The van der Waals surface area contributed by atoms with E-state index in [-0.39, 0.29) is 40.6 Å². The van der Waals surface area contributed by atoms with Gasteiger partial charge in [0.1, 0.15) is 5.75 Å². The van der Waals surface area contributed by atoms with Gasteiger partial charge in [-0.1, -0.05) is 42.3 Å². The SMILES string of the molecule is Cl.O=C(Nc1ccc(-c2ccccc2OC(F)(F)F)c(Cl)c1)[C@@H]1CCC[C@H](O)C1. The standard InChI is InChI=1S/C20H19ClF3NO3.ClH/c21-17-11-13(25-19(27)12-4-3-5-14(26)10-12)8-9-15(17)16-6-1-2-7-18(16)28-20(22,23)24;/h1-2,6-9,11-12,14,26H,3-5,10H2,(H,25,27);1H/t12-,14+;/m1./s1. The van der Waals surface area contributed by atoms with E-state index in [4.69, 9.17) is 11.6 Å². The van der Waals surface area contributed by atoms with Gasteiger partial charge in [0, 0.05) is 22.7 Å². The number of anilines is 1. The number of rotatable bonds is 4. The van der Waals surface area contributed by atoms with Crippen LogP contribution in [-0.2, 0) is 4.79 Å². The number of hydrogen-bond donors (Lipinski definition) is 2. The minimum atomic E-state index is -4.82. The van der Waals surface area contributed by atoms with E-state index in [1.807, 2.05) is 0 Å². The average molecular weight is 450 g/mol. The van der Waals surface area contributed by atoms with E-state index in [2.05, 4.69) is 10.1 Å². The smallest absolute Gasteiger partial charge is 0.405 e. The Morgan fingerprint density at radius 1 is 1.14 bits per heavy atom. The molecule has 0 radical (unpaired) electrons. The Balaban J connectivity index is 0.00000300. The molecule has 1 amide bonds. The van der Waals surface area contributed by atoms with Gasteiger partial charge in [0.05, 0.1) is 11.1 Å². The molecule has 4 nitrogen and oxygen atoms in total. The fraction of sp³-hybridized carbons (Fsp3) is 0.350. The summed E-state index contributed by atoms with van der Waals surface area (Å²) in [4.78, 5) is 12.4. The van der Waals surface area contributed by atoms with Gasteiger partial charge in [-0.05, 0) is 37.5 Å². The van der Waals surface area contributed by atoms with Crippen LogP contribution in [0.15, 0.2) is 42.5 Å². The Labute approximate surface area is 177 Å². The lowest BCUT2D eigenvalue weighted by molar-refractivity contribution is -0.274. The van der Waals surface area contributed by atoms with Crippen molar-refractivity contribution in [3.05, 3.63) is 47.5 Å². The quantitative estimate of drug-likeness (QED) is 0.618. The number of nitrogens with one attached hydrogen (secondary N) is 1. The minimum Gasteiger partial charge on any atom is -0.405 e. The Kier molecular flexibility index (Phi) is 7.80. The highest BCUT2D eigenvalue weighted by Crippen LogP contribution is 2.38.